The van der Waals surface area contributed by atoms with Crippen LogP contribution in [0.25, 0.3) is 0 Å². The van der Waals surface area contributed by atoms with Crippen LogP contribution in [0.4, 0.5) is 10.1 Å². The number of carbonyl (C=O) groups excluding carboxylic acids is 1. The van der Waals surface area contributed by atoms with Crippen LogP contribution in [0.15, 0.2) is 23.1 Å². The van der Waals surface area contributed by atoms with Gasteiger partial charge in [0.05, 0.1) is 21.4 Å². The molecule has 1 aliphatic heterocycles. The first kappa shape index (κ1) is 12.0. The molecule has 0 saturated carbocycles. The Bertz CT molecular complexity index is 492. The van der Waals surface area contributed by atoms with Gasteiger partial charge in [0, 0.05) is 13.6 Å². The molecule has 1 aromatic rings. The smallest absolute Gasteiger partial charge is 0.238 e. The van der Waals surface area contributed by atoms with E-state index < -0.39 is 21.9 Å². The molecule has 0 radical (unpaired) electrons. The van der Waals surface area contributed by atoms with Crippen molar-refractivity contribution in [3.8, 4) is 0 Å². The molecule has 17 heavy (non-hydrogen) atoms. The van der Waals surface area contributed by atoms with Gasteiger partial charge in [-0.25, -0.2) is 4.39 Å². The fraction of sp³-hybridized carbons (Fsp3) is 0.364. The van der Waals surface area contributed by atoms with E-state index in [0.717, 1.165) is 6.07 Å². The molecule has 2 rings (SSSR count). The maximum absolute atomic E-state index is 12.9. The number of benzene rings is 1. The van der Waals surface area contributed by atoms with Crippen LogP contribution in [0.5, 0.6) is 0 Å². The molecule has 2 unspecified atom stereocenters. The molecule has 2 N–H and O–H groups in total. The van der Waals surface area contributed by atoms with Gasteiger partial charge in [-0.2, -0.15) is 0 Å². The first-order valence-corrected chi connectivity index (χ1v) is 6.42. The van der Waals surface area contributed by atoms with Crippen molar-refractivity contribution in [3.05, 3.63) is 24.0 Å². The first-order chi connectivity index (χ1) is 8.00. The van der Waals surface area contributed by atoms with Gasteiger partial charge in [-0.15, -0.1) is 0 Å². The predicted molar refractivity (Wildman–Crippen MR) is 63.3 cm³/mol. The lowest BCUT2D eigenvalue weighted by Crippen LogP contribution is -2.28. The number of rotatable bonds is 2. The highest BCUT2D eigenvalue weighted by atomic mass is 32.2. The Kier molecular flexibility index (Phi) is 3.15. The average Bonchev–Trinajstić information content (AvgIpc) is 2.59. The monoisotopic (exact) mass is 256 g/mol. The quantitative estimate of drug-likeness (QED) is 0.794. The molecule has 1 saturated heterocycles. The third kappa shape index (κ3) is 2.17. The van der Waals surface area contributed by atoms with E-state index in [0.29, 0.717) is 17.9 Å². The second-order valence-electron chi connectivity index (χ2n) is 4.02. The van der Waals surface area contributed by atoms with Crippen LogP contribution in [0.3, 0.4) is 0 Å². The summed E-state index contributed by atoms with van der Waals surface area (Å²) >= 11 is 0. The molecule has 6 heteroatoms. The molecule has 1 aliphatic rings. The second kappa shape index (κ2) is 4.44. The summed E-state index contributed by atoms with van der Waals surface area (Å²) in [5.74, 6) is -0.620. The van der Waals surface area contributed by atoms with Gasteiger partial charge in [0.15, 0.2) is 0 Å². The molecule has 0 spiro atoms. The largest absolute Gasteiger partial charge is 0.398 e. The zero-order valence-corrected chi connectivity index (χ0v) is 10.2. The summed E-state index contributed by atoms with van der Waals surface area (Å²) < 4.78 is 25.1. The highest BCUT2D eigenvalue weighted by Crippen LogP contribution is 2.25. The Hall–Kier alpha value is -1.43. The number of nitrogens with two attached hydrogens (primary N) is 1. The number of halogens is 1. The summed E-state index contributed by atoms with van der Waals surface area (Å²) in [5.41, 5.74) is 5.74. The molecule has 1 amide bonds. The van der Waals surface area contributed by atoms with E-state index in [2.05, 4.69) is 0 Å². The number of anilines is 1. The van der Waals surface area contributed by atoms with Crippen molar-refractivity contribution < 1.29 is 13.4 Å². The van der Waals surface area contributed by atoms with E-state index in [9.17, 15) is 13.4 Å². The molecule has 0 bridgehead atoms. The number of nitrogens with zero attached hydrogens (tertiary/aromatic N) is 1. The lowest BCUT2D eigenvalue weighted by molar-refractivity contribution is -0.126. The Morgan fingerprint density at radius 2 is 2.24 bits per heavy atom. The fourth-order valence-corrected chi connectivity index (χ4v) is 3.33. The normalized spacial score (nSPS) is 21.9. The van der Waals surface area contributed by atoms with Crippen molar-refractivity contribution in [2.24, 2.45) is 0 Å². The summed E-state index contributed by atoms with van der Waals surface area (Å²) in [6.07, 6.45) is 0.540. The predicted octanol–water partition coefficient (Wildman–Crippen LogP) is 0.746. The number of carbonyl (C=O) groups is 1. The number of amides is 1. The molecule has 1 aromatic carbocycles. The van der Waals surface area contributed by atoms with Crippen molar-refractivity contribution in [3.63, 3.8) is 0 Å². The summed E-state index contributed by atoms with van der Waals surface area (Å²) in [5, 5.41) is -0.562. The van der Waals surface area contributed by atoms with E-state index in [1.807, 2.05) is 0 Å². The Labute approximate surface area is 101 Å². The minimum Gasteiger partial charge on any atom is -0.398 e. The van der Waals surface area contributed by atoms with Gasteiger partial charge >= 0.3 is 0 Å². The summed E-state index contributed by atoms with van der Waals surface area (Å²) in [6.45, 7) is 0.594. The van der Waals surface area contributed by atoms with Gasteiger partial charge in [0.1, 0.15) is 11.1 Å². The summed E-state index contributed by atoms with van der Waals surface area (Å²) in [7, 11) is 0.162. The van der Waals surface area contributed by atoms with Gasteiger partial charge in [-0.05, 0) is 24.6 Å². The van der Waals surface area contributed by atoms with Crippen LogP contribution >= 0.6 is 0 Å². The minimum absolute atomic E-state index is 0.130. The zero-order chi connectivity index (χ0) is 12.6. The molecule has 1 heterocycles. The molecule has 92 valence electrons. The standard InChI is InChI=1S/C11H13FN2O2S/c1-14-5-4-10(11(14)15)17(16)9-3-2-7(12)6-8(9)13/h2-3,6,10H,4-5,13H2,1H3. The van der Waals surface area contributed by atoms with E-state index in [4.69, 9.17) is 5.73 Å². The van der Waals surface area contributed by atoms with Crippen molar-refractivity contribution in [1.29, 1.82) is 0 Å². The Morgan fingerprint density at radius 1 is 1.53 bits per heavy atom. The molecule has 0 aliphatic carbocycles. The molecular formula is C11H13FN2O2S. The lowest BCUT2D eigenvalue weighted by atomic mass is 10.3. The van der Waals surface area contributed by atoms with Crippen molar-refractivity contribution in [2.45, 2.75) is 16.6 Å². The average molecular weight is 256 g/mol. The Morgan fingerprint density at radius 3 is 2.76 bits per heavy atom. The van der Waals surface area contributed by atoms with Crippen LogP contribution in [-0.4, -0.2) is 33.9 Å². The summed E-state index contributed by atoms with van der Waals surface area (Å²) in [4.78, 5) is 13.6. The van der Waals surface area contributed by atoms with Crippen LogP contribution in [-0.2, 0) is 15.6 Å². The molecule has 2 atom stereocenters. The maximum Gasteiger partial charge on any atom is 0.238 e. The van der Waals surface area contributed by atoms with Gasteiger partial charge in [0.25, 0.3) is 0 Å². The lowest BCUT2D eigenvalue weighted by Gasteiger charge is -2.11. The maximum atomic E-state index is 12.9. The highest BCUT2D eigenvalue weighted by molar-refractivity contribution is 7.86. The number of hydrogen-bond donors (Lipinski definition) is 1. The third-order valence-corrected chi connectivity index (χ3v) is 4.58. The van der Waals surface area contributed by atoms with E-state index in [-0.39, 0.29) is 11.6 Å². The van der Waals surface area contributed by atoms with E-state index in [1.165, 1.54) is 12.1 Å². The molecular weight excluding hydrogens is 243 g/mol. The Balaban J connectivity index is 2.29. The zero-order valence-electron chi connectivity index (χ0n) is 9.35. The van der Waals surface area contributed by atoms with Crippen LogP contribution in [0.1, 0.15) is 6.42 Å². The van der Waals surface area contributed by atoms with Crippen LogP contribution < -0.4 is 5.73 Å². The van der Waals surface area contributed by atoms with Crippen molar-refractivity contribution in [2.75, 3.05) is 19.3 Å². The number of hydrogen-bond acceptors (Lipinski definition) is 3. The SMILES string of the molecule is CN1CCC(S(=O)c2ccc(F)cc2N)C1=O. The second-order valence-corrected chi connectivity index (χ2v) is 5.62. The van der Waals surface area contributed by atoms with Gasteiger partial charge in [0.2, 0.25) is 5.91 Å². The third-order valence-electron chi connectivity index (χ3n) is 2.83. The first-order valence-electron chi connectivity index (χ1n) is 5.21. The highest BCUT2D eigenvalue weighted by Gasteiger charge is 2.35. The van der Waals surface area contributed by atoms with E-state index in [1.54, 1.807) is 11.9 Å². The van der Waals surface area contributed by atoms with Gasteiger partial charge < -0.3 is 10.6 Å². The van der Waals surface area contributed by atoms with Crippen LogP contribution in [0, 0.1) is 5.82 Å². The van der Waals surface area contributed by atoms with Crippen molar-refractivity contribution in [1.82, 2.24) is 4.90 Å². The minimum atomic E-state index is -1.51. The van der Waals surface area contributed by atoms with Crippen LogP contribution in [0.2, 0.25) is 0 Å². The topological polar surface area (TPSA) is 63.4 Å². The number of likely N-dealkylation sites (tertiary alicyclic amines) is 1. The molecule has 4 nitrogen and oxygen atoms in total. The van der Waals surface area contributed by atoms with Gasteiger partial charge in [-0.1, -0.05) is 0 Å². The van der Waals surface area contributed by atoms with E-state index >= 15 is 0 Å². The fourth-order valence-electron chi connectivity index (χ4n) is 1.84. The molecule has 0 aromatic heterocycles. The summed E-state index contributed by atoms with van der Waals surface area (Å²) in [6, 6.07) is 3.70. The van der Waals surface area contributed by atoms with Crippen molar-refractivity contribution >= 4 is 22.4 Å². The molecule has 1 fully saturated rings. The van der Waals surface area contributed by atoms with Gasteiger partial charge in [-0.3, -0.25) is 9.00 Å². The number of nitrogen functional groups attached to an aromatic ring is 1.